The Balaban J connectivity index is 1.70. The van der Waals surface area contributed by atoms with E-state index in [0.717, 1.165) is 27.5 Å². The van der Waals surface area contributed by atoms with Crippen LogP contribution in [0.3, 0.4) is 0 Å². The van der Waals surface area contributed by atoms with Crippen molar-refractivity contribution in [1.29, 1.82) is 0 Å². The number of aromatic nitrogens is 1. The molecule has 126 valence electrons. The van der Waals surface area contributed by atoms with Gasteiger partial charge in [0.25, 0.3) is 0 Å². The summed E-state index contributed by atoms with van der Waals surface area (Å²) in [6.07, 6.45) is 6.41. The summed E-state index contributed by atoms with van der Waals surface area (Å²) < 4.78 is 1.13. The number of fused-ring (bicyclic) bond motifs is 1. The van der Waals surface area contributed by atoms with E-state index in [0.29, 0.717) is 11.1 Å². The van der Waals surface area contributed by atoms with Gasteiger partial charge in [0.1, 0.15) is 10.7 Å². The van der Waals surface area contributed by atoms with Gasteiger partial charge in [0.05, 0.1) is 15.4 Å². The minimum absolute atomic E-state index is 0.492. The molecule has 24 heavy (non-hydrogen) atoms. The number of pyridine rings is 1. The molecular weight excluding hydrogens is 379 g/mol. The molecule has 6 heteroatoms. The zero-order valence-electron chi connectivity index (χ0n) is 13.1. The van der Waals surface area contributed by atoms with Gasteiger partial charge in [-0.2, -0.15) is 0 Å². The van der Waals surface area contributed by atoms with Crippen molar-refractivity contribution in [1.82, 2.24) is 4.98 Å². The van der Waals surface area contributed by atoms with Gasteiger partial charge in [0, 0.05) is 22.4 Å². The van der Waals surface area contributed by atoms with Crippen LogP contribution in [0.15, 0.2) is 23.6 Å². The second-order valence-electron chi connectivity index (χ2n) is 6.22. The van der Waals surface area contributed by atoms with Gasteiger partial charge >= 0.3 is 0 Å². The van der Waals surface area contributed by atoms with E-state index in [4.69, 9.17) is 23.2 Å². The average molecular weight is 397 g/mol. The van der Waals surface area contributed by atoms with Crippen LogP contribution in [0.1, 0.15) is 47.8 Å². The van der Waals surface area contributed by atoms with E-state index < -0.39 is 0 Å². The third-order valence-corrected chi connectivity index (χ3v) is 7.53. The van der Waals surface area contributed by atoms with Gasteiger partial charge in [0.15, 0.2) is 0 Å². The van der Waals surface area contributed by atoms with E-state index >= 15 is 0 Å². The highest BCUT2D eigenvalue weighted by molar-refractivity contribution is 7.20. The molecule has 2 nitrogen and oxygen atoms in total. The average Bonchev–Trinajstić information content (AvgIpc) is 3.22. The van der Waals surface area contributed by atoms with Gasteiger partial charge in [-0.25, -0.2) is 4.98 Å². The molecule has 0 radical (unpaired) electrons. The molecule has 0 aromatic carbocycles. The number of nitrogens with zero attached hydrogens (tertiary/aromatic N) is 1. The van der Waals surface area contributed by atoms with Crippen LogP contribution in [-0.2, 0) is 6.54 Å². The fourth-order valence-corrected chi connectivity index (χ4v) is 5.97. The molecule has 0 amide bonds. The topological polar surface area (TPSA) is 24.9 Å². The second-order valence-corrected chi connectivity index (χ2v) is 9.07. The Hall–Kier alpha value is -0.810. The van der Waals surface area contributed by atoms with Crippen molar-refractivity contribution in [3.63, 3.8) is 0 Å². The number of halogens is 2. The van der Waals surface area contributed by atoms with Crippen molar-refractivity contribution in [3.8, 4) is 0 Å². The quantitative estimate of drug-likeness (QED) is 0.466. The van der Waals surface area contributed by atoms with Crippen molar-refractivity contribution < 1.29 is 0 Å². The zero-order valence-corrected chi connectivity index (χ0v) is 16.3. The molecule has 1 aliphatic carbocycles. The first-order valence-corrected chi connectivity index (χ1v) is 10.7. The van der Waals surface area contributed by atoms with Gasteiger partial charge in [-0.1, -0.05) is 48.5 Å². The molecule has 0 aliphatic heterocycles. The summed E-state index contributed by atoms with van der Waals surface area (Å²) in [7, 11) is 0. The fraction of sp³-hybridized carbons (Fsp3) is 0.389. The predicted octanol–water partition coefficient (Wildman–Crippen LogP) is 7.32. The van der Waals surface area contributed by atoms with E-state index in [1.165, 1.54) is 41.9 Å². The smallest absolute Gasteiger partial charge is 0.131 e. The van der Waals surface area contributed by atoms with Crippen LogP contribution in [-0.4, -0.2) is 4.98 Å². The van der Waals surface area contributed by atoms with Crippen LogP contribution in [0.5, 0.6) is 0 Å². The van der Waals surface area contributed by atoms with Crippen LogP contribution in [0.4, 0.5) is 5.69 Å². The first-order chi connectivity index (χ1) is 11.7. The normalized spacial score (nSPS) is 15.9. The SMILES string of the molecule is Clc1cc(NCc2cccs2)c2sc(C3CCCCC3)c(Cl)c2n1. The van der Waals surface area contributed by atoms with Gasteiger partial charge in [-0.3, -0.25) is 0 Å². The lowest BCUT2D eigenvalue weighted by molar-refractivity contribution is 0.448. The third-order valence-electron chi connectivity index (χ3n) is 4.59. The standard InChI is InChI=1S/C18H18Cl2N2S2/c19-14-9-13(21-10-12-7-4-8-23-12)18-16(22-14)15(20)17(24-18)11-5-2-1-3-6-11/h4,7-9,11H,1-3,5-6,10H2,(H,21,22). The van der Waals surface area contributed by atoms with Crippen LogP contribution in [0, 0.1) is 0 Å². The number of hydrogen-bond donors (Lipinski definition) is 1. The summed E-state index contributed by atoms with van der Waals surface area (Å²) >= 11 is 16.5. The van der Waals surface area contributed by atoms with Crippen LogP contribution < -0.4 is 5.32 Å². The van der Waals surface area contributed by atoms with Gasteiger partial charge < -0.3 is 5.32 Å². The molecule has 4 rings (SSSR count). The van der Waals surface area contributed by atoms with E-state index in [1.807, 2.05) is 6.07 Å². The summed E-state index contributed by atoms with van der Waals surface area (Å²) in [6.45, 7) is 0.793. The van der Waals surface area contributed by atoms with Gasteiger partial charge in [-0.15, -0.1) is 22.7 Å². The molecule has 1 N–H and O–H groups in total. The Labute approximate surface area is 159 Å². The van der Waals surface area contributed by atoms with Crippen molar-refractivity contribution in [2.24, 2.45) is 0 Å². The predicted molar refractivity (Wildman–Crippen MR) is 107 cm³/mol. The number of thiophene rings is 2. The van der Waals surface area contributed by atoms with E-state index in [2.05, 4.69) is 27.8 Å². The lowest BCUT2D eigenvalue weighted by Gasteiger charge is -2.20. The van der Waals surface area contributed by atoms with Gasteiger partial charge in [-0.05, 0) is 30.2 Å². The molecule has 0 unspecified atom stereocenters. The van der Waals surface area contributed by atoms with Crippen LogP contribution >= 0.6 is 45.9 Å². The Kier molecular flexibility index (Phi) is 5.00. The van der Waals surface area contributed by atoms with Crippen LogP contribution in [0.25, 0.3) is 10.2 Å². The lowest BCUT2D eigenvalue weighted by Crippen LogP contribution is -2.02. The molecule has 0 atom stereocenters. The highest BCUT2D eigenvalue weighted by Crippen LogP contribution is 2.46. The maximum atomic E-state index is 6.70. The molecule has 0 saturated heterocycles. The Bertz CT molecular complexity index is 836. The molecule has 3 heterocycles. The van der Waals surface area contributed by atoms with E-state index in [9.17, 15) is 0 Å². The van der Waals surface area contributed by atoms with Crippen molar-refractivity contribution >= 4 is 61.8 Å². The number of anilines is 1. The minimum atomic E-state index is 0.492. The molecule has 3 aromatic heterocycles. The van der Waals surface area contributed by atoms with Crippen molar-refractivity contribution in [2.45, 2.75) is 44.6 Å². The monoisotopic (exact) mass is 396 g/mol. The van der Waals surface area contributed by atoms with Crippen molar-refractivity contribution in [2.75, 3.05) is 5.32 Å². The Morgan fingerprint density at radius 3 is 2.79 bits per heavy atom. The number of hydrogen-bond acceptors (Lipinski definition) is 4. The lowest BCUT2D eigenvalue weighted by atomic mass is 9.88. The largest absolute Gasteiger partial charge is 0.379 e. The Morgan fingerprint density at radius 1 is 1.21 bits per heavy atom. The maximum absolute atomic E-state index is 6.70. The summed E-state index contributed by atoms with van der Waals surface area (Å²) in [6, 6.07) is 6.11. The third kappa shape index (κ3) is 3.30. The molecule has 1 aliphatic rings. The molecule has 1 saturated carbocycles. The van der Waals surface area contributed by atoms with E-state index in [1.54, 1.807) is 22.7 Å². The highest BCUT2D eigenvalue weighted by Gasteiger charge is 2.24. The summed E-state index contributed by atoms with van der Waals surface area (Å²) in [5.74, 6) is 0.578. The summed E-state index contributed by atoms with van der Waals surface area (Å²) in [5.41, 5.74) is 1.88. The van der Waals surface area contributed by atoms with Crippen LogP contribution in [0.2, 0.25) is 10.2 Å². The number of nitrogens with one attached hydrogen (secondary N) is 1. The molecular formula is C18H18Cl2N2S2. The zero-order chi connectivity index (χ0) is 16.5. The molecule has 1 fully saturated rings. The molecule has 3 aromatic rings. The van der Waals surface area contributed by atoms with Gasteiger partial charge in [0.2, 0.25) is 0 Å². The number of rotatable bonds is 4. The first-order valence-electron chi connectivity index (χ1n) is 8.27. The highest BCUT2D eigenvalue weighted by atomic mass is 35.5. The second kappa shape index (κ2) is 7.20. The molecule has 0 bridgehead atoms. The first kappa shape index (κ1) is 16.6. The summed E-state index contributed by atoms with van der Waals surface area (Å²) in [5, 5.41) is 6.91. The van der Waals surface area contributed by atoms with Crippen molar-refractivity contribution in [3.05, 3.63) is 43.5 Å². The molecule has 0 spiro atoms. The maximum Gasteiger partial charge on any atom is 0.131 e. The summed E-state index contributed by atoms with van der Waals surface area (Å²) in [4.78, 5) is 7.09. The minimum Gasteiger partial charge on any atom is -0.379 e. The van der Waals surface area contributed by atoms with E-state index in [-0.39, 0.29) is 0 Å². The Morgan fingerprint density at radius 2 is 2.04 bits per heavy atom. The fourth-order valence-electron chi connectivity index (χ4n) is 3.38.